The van der Waals surface area contributed by atoms with E-state index in [4.69, 9.17) is 0 Å². The second kappa shape index (κ2) is 21.6. The Hall–Kier alpha value is -4.81. The largest absolute Gasteiger partial charge is 0.333 e. The molecule has 1 saturated carbocycles. The number of urea groups is 1. The van der Waals surface area contributed by atoms with Crippen LogP contribution in [-0.4, -0.2) is 47.9 Å². The Morgan fingerprint density at radius 1 is 0.754 bits per heavy atom. The molecule has 57 heavy (non-hydrogen) atoms. The molecule has 312 valence electrons. The zero-order valence-electron chi connectivity index (χ0n) is 35.5. The number of fused-ring (bicyclic) bond motifs is 2. The van der Waals surface area contributed by atoms with E-state index in [-0.39, 0.29) is 40.3 Å². The van der Waals surface area contributed by atoms with Crippen molar-refractivity contribution in [2.24, 2.45) is 11.3 Å². The molecule has 0 bridgehead atoms. The van der Waals surface area contributed by atoms with E-state index in [2.05, 4.69) is 75.8 Å². The van der Waals surface area contributed by atoms with E-state index in [1.165, 1.54) is 32.1 Å². The Morgan fingerprint density at radius 2 is 1.33 bits per heavy atom. The van der Waals surface area contributed by atoms with Crippen molar-refractivity contribution in [1.29, 1.82) is 0 Å². The highest BCUT2D eigenvalue weighted by atomic mass is 16.2. The van der Waals surface area contributed by atoms with Crippen molar-refractivity contribution < 1.29 is 14.4 Å². The number of aromatic amines is 1. The number of amides is 4. The fraction of sp³-hybridized carbons (Fsp3) is 0.614. The van der Waals surface area contributed by atoms with Gasteiger partial charge in [0.15, 0.2) is 5.65 Å². The molecule has 5 N–H and O–H groups in total. The first-order valence-electron chi connectivity index (χ1n) is 21.2. The van der Waals surface area contributed by atoms with Gasteiger partial charge in [-0.1, -0.05) is 92.4 Å². The number of unbranched alkanes of at least 4 members (excludes halogenated alkanes) is 6. The van der Waals surface area contributed by atoms with E-state index in [1.54, 1.807) is 18.2 Å². The van der Waals surface area contributed by atoms with E-state index in [1.807, 2.05) is 36.7 Å². The van der Waals surface area contributed by atoms with Gasteiger partial charge in [-0.15, -0.1) is 0 Å². The Morgan fingerprint density at radius 3 is 1.88 bits per heavy atom. The summed E-state index contributed by atoms with van der Waals surface area (Å²) < 4.78 is 2.05. The number of rotatable bonds is 17. The number of carbonyl (C=O) groups is 3. The Labute approximate surface area is 338 Å². The monoisotopic (exact) mass is 786 g/mol. The third-order valence-electron chi connectivity index (χ3n) is 10.1. The fourth-order valence-corrected chi connectivity index (χ4v) is 7.72. The van der Waals surface area contributed by atoms with Crippen molar-refractivity contribution in [2.75, 3.05) is 16.0 Å². The van der Waals surface area contributed by atoms with Crippen molar-refractivity contribution in [2.45, 2.75) is 163 Å². The highest BCUT2D eigenvalue weighted by Crippen LogP contribution is 2.28. The maximum atomic E-state index is 12.5. The third kappa shape index (κ3) is 15.6. The lowest BCUT2D eigenvalue weighted by molar-refractivity contribution is -0.117. The minimum atomic E-state index is -0.381. The lowest BCUT2D eigenvalue weighted by Crippen LogP contribution is -2.47. The normalized spacial score (nSPS) is 13.5. The number of H-pyrrole nitrogens is 1. The first kappa shape index (κ1) is 44.9. The molecular weight excluding hydrogens is 719 g/mol. The molecule has 4 heterocycles. The second-order valence-electron chi connectivity index (χ2n) is 17.5. The summed E-state index contributed by atoms with van der Waals surface area (Å²) in [6, 6.07) is 8.74. The van der Waals surface area contributed by atoms with Crippen LogP contribution < -0.4 is 26.8 Å². The molecule has 4 aromatic rings. The Kier molecular flexibility index (Phi) is 17.0. The highest BCUT2D eigenvalue weighted by molar-refractivity contribution is 5.93. The summed E-state index contributed by atoms with van der Waals surface area (Å²) in [5.74, 6) is 1.72. The quantitative estimate of drug-likeness (QED) is 0.0662. The van der Waals surface area contributed by atoms with Crippen LogP contribution in [0.15, 0.2) is 41.3 Å². The van der Waals surface area contributed by atoms with Crippen LogP contribution in [0.4, 0.5) is 22.4 Å². The average Bonchev–Trinajstić information content (AvgIpc) is 3.53. The van der Waals surface area contributed by atoms with Crippen LogP contribution in [0.25, 0.3) is 22.1 Å². The predicted molar refractivity (Wildman–Crippen MR) is 232 cm³/mol. The van der Waals surface area contributed by atoms with E-state index in [9.17, 15) is 19.2 Å². The summed E-state index contributed by atoms with van der Waals surface area (Å²) in [7, 11) is 0. The summed E-state index contributed by atoms with van der Waals surface area (Å²) in [6.07, 6.45) is 18.6. The predicted octanol–water partition coefficient (Wildman–Crippen LogP) is 10.1. The van der Waals surface area contributed by atoms with Crippen molar-refractivity contribution >= 4 is 57.5 Å². The molecule has 1 aliphatic carbocycles. The second-order valence-corrected chi connectivity index (χ2v) is 17.5. The number of pyridine rings is 2. The number of anilines is 3. The molecule has 1 aliphatic rings. The fourth-order valence-electron chi connectivity index (χ4n) is 7.72. The zero-order valence-corrected chi connectivity index (χ0v) is 35.5. The number of carbonyl (C=O) groups excluding carboxylic acids is 3. The summed E-state index contributed by atoms with van der Waals surface area (Å²) >= 11 is 0. The van der Waals surface area contributed by atoms with Gasteiger partial charge in [-0.2, -0.15) is 4.98 Å². The van der Waals surface area contributed by atoms with Gasteiger partial charge in [-0.3, -0.25) is 24.7 Å². The van der Waals surface area contributed by atoms with Crippen LogP contribution in [0.3, 0.4) is 0 Å². The van der Waals surface area contributed by atoms with Crippen molar-refractivity contribution in [1.82, 2.24) is 29.8 Å². The molecule has 0 radical (unpaired) electrons. The summed E-state index contributed by atoms with van der Waals surface area (Å²) in [5.41, 5.74) is 0.605. The number of nitrogens with zero attached hydrogens (tertiary/aromatic N) is 4. The number of nitrogens with one attached hydrogen (secondary N) is 5. The smallest absolute Gasteiger partial charge is 0.321 e. The van der Waals surface area contributed by atoms with Crippen molar-refractivity contribution in [3.05, 3.63) is 46.9 Å². The van der Waals surface area contributed by atoms with Crippen LogP contribution in [-0.2, 0) is 16.1 Å². The maximum absolute atomic E-state index is 12.5. The molecule has 4 amide bonds. The zero-order chi connectivity index (χ0) is 41.4. The van der Waals surface area contributed by atoms with Gasteiger partial charge < -0.3 is 20.5 Å². The third-order valence-corrected chi connectivity index (χ3v) is 10.1. The SMILES string of the molecule is CC(C)(C)CC(C)(C)NC(=O)Nc1nc2c(ccn2CC2CCCCC2)c(=O)[nH]1.CCCCCCC(=O)Nc1ccc2ccc(NC(=O)CCCCCC)nc2n1. The van der Waals surface area contributed by atoms with E-state index in [0.717, 1.165) is 69.7 Å². The average molecular weight is 786 g/mol. The first-order valence-corrected chi connectivity index (χ1v) is 21.2. The van der Waals surface area contributed by atoms with Gasteiger partial charge in [0, 0.05) is 36.5 Å². The van der Waals surface area contributed by atoms with E-state index < -0.39 is 0 Å². The van der Waals surface area contributed by atoms with E-state index >= 15 is 0 Å². The molecule has 13 heteroatoms. The van der Waals surface area contributed by atoms with E-state index in [0.29, 0.717) is 47.1 Å². The summed E-state index contributed by atoms with van der Waals surface area (Å²) in [6.45, 7) is 15.6. The summed E-state index contributed by atoms with van der Waals surface area (Å²) in [4.78, 5) is 65.1. The van der Waals surface area contributed by atoms with Gasteiger partial charge in [-0.25, -0.2) is 14.8 Å². The molecule has 0 unspecified atom stereocenters. The van der Waals surface area contributed by atoms with Gasteiger partial charge in [-0.05, 0) is 87.6 Å². The molecule has 4 aromatic heterocycles. The van der Waals surface area contributed by atoms with Crippen molar-refractivity contribution in [3.8, 4) is 0 Å². The maximum Gasteiger partial charge on any atom is 0.321 e. The highest BCUT2D eigenvalue weighted by Gasteiger charge is 2.27. The lowest BCUT2D eigenvalue weighted by Gasteiger charge is -2.33. The van der Waals surface area contributed by atoms with Gasteiger partial charge in [0.05, 0.1) is 5.39 Å². The number of hydrogen-bond acceptors (Lipinski definition) is 7. The molecule has 0 saturated heterocycles. The summed E-state index contributed by atoms with van der Waals surface area (Å²) in [5, 5.41) is 12.8. The number of hydrogen-bond donors (Lipinski definition) is 5. The van der Waals surface area contributed by atoms with Crippen LogP contribution >= 0.6 is 0 Å². The van der Waals surface area contributed by atoms with Crippen LogP contribution in [0.5, 0.6) is 0 Å². The van der Waals surface area contributed by atoms with Crippen LogP contribution in [0.1, 0.15) is 151 Å². The minimum absolute atomic E-state index is 0.0283. The topological polar surface area (TPSA) is 176 Å². The van der Waals surface area contributed by atoms with Crippen molar-refractivity contribution in [3.63, 3.8) is 0 Å². The molecule has 0 spiro atoms. The molecule has 1 fully saturated rings. The van der Waals surface area contributed by atoms with Gasteiger partial charge >= 0.3 is 6.03 Å². The molecule has 13 nitrogen and oxygen atoms in total. The first-order chi connectivity index (χ1) is 27.1. The standard InChI is InChI=1S/C22H35N5O2.C22H32N4O2/c1-21(2,3)14-22(4,5)26-20(29)25-19-23-17-16(18(28)24-19)11-12-27(17)13-15-9-7-6-8-10-15;1-3-5-7-9-11-20(27)23-18-15-13-17-14-16-19(26-22(17)25-18)24-21(28)12-10-8-6-4-2/h11-12,15H,6-10,13-14H2,1-5H3,(H3,23,24,25,26,28,29);13-16H,3-12H2,1-2H3,(H2,23,24,25,26,27,28). The van der Waals surface area contributed by atoms with Crippen LogP contribution in [0, 0.1) is 11.3 Å². The Bertz CT molecular complexity index is 1910. The number of aromatic nitrogens is 5. The minimum Gasteiger partial charge on any atom is -0.333 e. The molecule has 5 rings (SSSR count). The van der Waals surface area contributed by atoms with Gasteiger partial charge in [0.2, 0.25) is 17.8 Å². The van der Waals surface area contributed by atoms with Gasteiger partial charge in [0.25, 0.3) is 5.56 Å². The molecule has 0 aromatic carbocycles. The molecule has 0 aliphatic heterocycles. The Balaban J connectivity index is 0.000000253. The molecule has 0 atom stereocenters. The van der Waals surface area contributed by atoms with Gasteiger partial charge in [0.1, 0.15) is 17.3 Å². The lowest BCUT2D eigenvalue weighted by atomic mass is 9.82. The molecular formula is C44H67N9O4. The van der Waals surface area contributed by atoms with Crippen LogP contribution in [0.2, 0.25) is 0 Å².